The lowest BCUT2D eigenvalue weighted by Gasteiger charge is -2.32. The summed E-state index contributed by atoms with van der Waals surface area (Å²) >= 11 is 0. The average Bonchev–Trinajstić information content (AvgIpc) is 2.47. The summed E-state index contributed by atoms with van der Waals surface area (Å²) in [5, 5.41) is 0. The molecule has 0 spiro atoms. The third kappa shape index (κ3) is 1.34. The standard InChI is InChI=1S/C12H15F3O2/c1-10(2)6-4-5-11(10,3)8(16)7(6)9(17)12(13,14)15/h6-7H,4-5H2,1-3H3/t6-,7-,11+/m0/s1. The number of hydrogen-bond acceptors (Lipinski definition) is 2. The lowest BCUT2D eigenvalue weighted by molar-refractivity contribution is -0.178. The molecule has 0 saturated heterocycles. The summed E-state index contributed by atoms with van der Waals surface area (Å²) < 4.78 is 37.4. The van der Waals surface area contributed by atoms with Gasteiger partial charge in [-0.25, -0.2) is 0 Å². The first-order chi connectivity index (χ1) is 7.53. The molecular weight excluding hydrogens is 233 g/mol. The van der Waals surface area contributed by atoms with Gasteiger partial charge in [0.05, 0.1) is 5.92 Å². The molecule has 17 heavy (non-hydrogen) atoms. The van der Waals surface area contributed by atoms with Gasteiger partial charge >= 0.3 is 6.18 Å². The summed E-state index contributed by atoms with van der Waals surface area (Å²) in [6.45, 7) is 5.29. The Balaban J connectivity index is 2.42. The number of ketones is 2. The molecule has 5 heteroatoms. The Morgan fingerprint density at radius 1 is 1.29 bits per heavy atom. The molecule has 2 saturated carbocycles. The Bertz CT molecular complexity index is 397. The minimum atomic E-state index is -4.91. The van der Waals surface area contributed by atoms with Crippen molar-refractivity contribution in [1.82, 2.24) is 0 Å². The van der Waals surface area contributed by atoms with Crippen LogP contribution in [0.4, 0.5) is 13.2 Å². The number of halogens is 3. The molecule has 0 radical (unpaired) electrons. The Morgan fingerprint density at radius 3 is 2.18 bits per heavy atom. The molecule has 0 unspecified atom stereocenters. The maximum Gasteiger partial charge on any atom is 0.450 e. The zero-order valence-electron chi connectivity index (χ0n) is 10.0. The zero-order valence-corrected chi connectivity index (χ0v) is 10.0. The van der Waals surface area contributed by atoms with E-state index in [0.29, 0.717) is 12.8 Å². The van der Waals surface area contributed by atoms with Gasteiger partial charge in [-0.05, 0) is 24.2 Å². The van der Waals surface area contributed by atoms with Gasteiger partial charge in [0, 0.05) is 5.41 Å². The largest absolute Gasteiger partial charge is 0.450 e. The molecular formula is C12H15F3O2. The molecule has 0 N–H and O–H groups in total. The number of alkyl halides is 3. The monoisotopic (exact) mass is 248 g/mol. The summed E-state index contributed by atoms with van der Waals surface area (Å²) in [5.74, 6) is -4.30. The van der Waals surface area contributed by atoms with Gasteiger partial charge in [0.2, 0.25) is 5.78 Å². The van der Waals surface area contributed by atoms with Crippen LogP contribution >= 0.6 is 0 Å². The van der Waals surface area contributed by atoms with Gasteiger partial charge in [-0.2, -0.15) is 13.2 Å². The van der Waals surface area contributed by atoms with Crippen molar-refractivity contribution in [2.24, 2.45) is 22.7 Å². The highest BCUT2D eigenvalue weighted by atomic mass is 19.4. The molecule has 2 bridgehead atoms. The van der Waals surface area contributed by atoms with E-state index in [-0.39, 0.29) is 0 Å². The Hall–Kier alpha value is -0.870. The maximum absolute atomic E-state index is 12.5. The van der Waals surface area contributed by atoms with Crippen molar-refractivity contribution in [2.45, 2.75) is 39.8 Å². The highest BCUT2D eigenvalue weighted by Gasteiger charge is 2.70. The molecule has 0 aliphatic heterocycles. The molecule has 2 fully saturated rings. The summed E-state index contributed by atoms with van der Waals surface area (Å²) in [7, 11) is 0. The second-order valence-electron chi connectivity index (χ2n) is 5.90. The summed E-state index contributed by atoms with van der Waals surface area (Å²) in [6, 6.07) is 0. The van der Waals surface area contributed by atoms with E-state index in [1.54, 1.807) is 20.8 Å². The van der Waals surface area contributed by atoms with Crippen LogP contribution in [0.5, 0.6) is 0 Å². The van der Waals surface area contributed by atoms with Crippen LogP contribution in [0.2, 0.25) is 0 Å². The number of carbonyl (C=O) groups is 2. The number of carbonyl (C=O) groups excluding carboxylic acids is 2. The fraction of sp³-hybridized carbons (Fsp3) is 0.833. The van der Waals surface area contributed by atoms with Crippen molar-refractivity contribution in [3.8, 4) is 0 Å². The van der Waals surface area contributed by atoms with E-state index < -0.39 is 40.4 Å². The van der Waals surface area contributed by atoms with Crippen LogP contribution in [-0.4, -0.2) is 17.7 Å². The molecule has 0 aromatic heterocycles. The maximum atomic E-state index is 12.5. The molecule has 0 amide bonds. The second-order valence-corrected chi connectivity index (χ2v) is 5.90. The first-order valence-electron chi connectivity index (χ1n) is 5.69. The first-order valence-corrected chi connectivity index (χ1v) is 5.69. The van der Waals surface area contributed by atoms with Gasteiger partial charge in [-0.1, -0.05) is 20.8 Å². The molecule has 2 aliphatic rings. The van der Waals surface area contributed by atoms with Crippen molar-refractivity contribution < 1.29 is 22.8 Å². The van der Waals surface area contributed by atoms with Crippen molar-refractivity contribution in [3.63, 3.8) is 0 Å². The fourth-order valence-electron chi connectivity index (χ4n) is 3.56. The second kappa shape index (κ2) is 3.12. The SMILES string of the molecule is CC1(C)[C@H]2CC[C@]1(C)C(=O)[C@H]2C(=O)C(F)(F)F. The third-order valence-electron chi connectivity index (χ3n) is 5.09. The van der Waals surface area contributed by atoms with E-state index in [0.717, 1.165) is 0 Å². The number of Topliss-reactive ketones (excluding diaryl/α,β-unsaturated/α-hetero) is 2. The molecule has 0 heterocycles. The molecule has 2 aliphatic carbocycles. The Labute approximate surface area is 97.6 Å². The highest BCUT2D eigenvalue weighted by Crippen LogP contribution is 2.66. The molecule has 2 nitrogen and oxygen atoms in total. The number of hydrogen-bond donors (Lipinski definition) is 0. The van der Waals surface area contributed by atoms with Gasteiger partial charge in [0.1, 0.15) is 5.78 Å². The molecule has 3 atom stereocenters. The van der Waals surface area contributed by atoms with Gasteiger partial charge < -0.3 is 0 Å². The smallest absolute Gasteiger partial charge is 0.298 e. The van der Waals surface area contributed by atoms with Crippen LogP contribution in [0, 0.1) is 22.7 Å². The van der Waals surface area contributed by atoms with Gasteiger partial charge in [0.15, 0.2) is 0 Å². The predicted octanol–water partition coefficient (Wildman–Crippen LogP) is 2.76. The summed E-state index contributed by atoms with van der Waals surface area (Å²) in [4.78, 5) is 23.4. The molecule has 2 rings (SSSR count). The van der Waals surface area contributed by atoms with E-state index in [2.05, 4.69) is 0 Å². The molecule has 0 aromatic carbocycles. The van der Waals surface area contributed by atoms with E-state index in [9.17, 15) is 22.8 Å². The van der Waals surface area contributed by atoms with Crippen LogP contribution in [0.25, 0.3) is 0 Å². The molecule has 96 valence electrons. The van der Waals surface area contributed by atoms with E-state index >= 15 is 0 Å². The number of fused-ring (bicyclic) bond motifs is 2. The van der Waals surface area contributed by atoms with Crippen molar-refractivity contribution >= 4 is 11.6 Å². The van der Waals surface area contributed by atoms with Gasteiger partial charge in [-0.15, -0.1) is 0 Å². The van der Waals surface area contributed by atoms with E-state index in [1.165, 1.54) is 0 Å². The Kier molecular flexibility index (Phi) is 2.31. The lowest BCUT2D eigenvalue weighted by Crippen LogP contribution is -2.40. The van der Waals surface area contributed by atoms with Crippen LogP contribution < -0.4 is 0 Å². The zero-order chi connectivity index (χ0) is 13.2. The van der Waals surface area contributed by atoms with Crippen LogP contribution in [-0.2, 0) is 9.59 Å². The fourth-order valence-corrected chi connectivity index (χ4v) is 3.56. The van der Waals surface area contributed by atoms with Gasteiger partial charge in [0.25, 0.3) is 0 Å². The normalized spacial score (nSPS) is 39.8. The van der Waals surface area contributed by atoms with Gasteiger partial charge in [-0.3, -0.25) is 9.59 Å². The predicted molar refractivity (Wildman–Crippen MR) is 54.2 cm³/mol. The number of rotatable bonds is 1. The average molecular weight is 248 g/mol. The van der Waals surface area contributed by atoms with Crippen LogP contribution in [0.1, 0.15) is 33.6 Å². The first kappa shape index (κ1) is 12.6. The van der Waals surface area contributed by atoms with Crippen molar-refractivity contribution in [2.75, 3.05) is 0 Å². The summed E-state index contributed by atoms with van der Waals surface area (Å²) in [6.07, 6.45) is -3.79. The van der Waals surface area contributed by atoms with E-state index in [4.69, 9.17) is 0 Å². The highest BCUT2D eigenvalue weighted by molar-refractivity contribution is 6.09. The minimum Gasteiger partial charge on any atom is -0.298 e. The van der Waals surface area contributed by atoms with Crippen molar-refractivity contribution in [3.05, 3.63) is 0 Å². The van der Waals surface area contributed by atoms with Crippen molar-refractivity contribution in [1.29, 1.82) is 0 Å². The topological polar surface area (TPSA) is 34.1 Å². The minimum absolute atomic E-state index is 0.464. The lowest BCUT2D eigenvalue weighted by atomic mass is 9.70. The Morgan fingerprint density at radius 2 is 1.82 bits per heavy atom. The van der Waals surface area contributed by atoms with Crippen LogP contribution in [0.3, 0.4) is 0 Å². The quantitative estimate of drug-likeness (QED) is 0.669. The van der Waals surface area contributed by atoms with Crippen LogP contribution in [0.15, 0.2) is 0 Å². The van der Waals surface area contributed by atoms with E-state index in [1.807, 2.05) is 0 Å². The third-order valence-corrected chi connectivity index (χ3v) is 5.09. The molecule has 0 aromatic rings. The summed E-state index contributed by atoms with van der Waals surface area (Å²) in [5.41, 5.74) is -1.29.